The average molecular weight is 644 g/mol. The summed E-state index contributed by atoms with van der Waals surface area (Å²) in [6, 6.07) is 26.7. The molecule has 1 aliphatic rings. The van der Waals surface area contributed by atoms with Gasteiger partial charge in [-0.25, -0.2) is 9.59 Å². The molecule has 2 N–H and O–H groups in total. The summed E-state index contributed by atoms with van der Waals surface area (Å²) in [5.41, 5.74) is 2.42. The molecule has 0 saturated carbocycles. The Hall–Kier alpha value is -5.54. The molecule has 9 nitrogen and oxygen atoms in total. The summed E-state index contributed by atoms with van der Waals surface area (Å²) in [7, 11) is 1.84. The zero-order valence-corrected chi connectivity index (χ0v) is 27.4. The van der Waals surface area contributed by atoms with Crippen molar-refractivity contribution >= 4 is 56.7 Å². The van der Waals surface area contributed by atoms with Crippen molar-refractivity contribution in [3.8, 4) is 0 Å². The topological polar surface area (TPSA) is 114 Å². The van der Waals surface area contributed by atoms with Crippen LogP contribution in [0, 0.1) is 0 Å². The van der Waals surface area contributed by atoms with Gasteiger partial charge in [-0.3, -0.25) is 14.5 Å². The number of anilines is 2. The summed E-state index contributed by atoms with van der Waals surface area (Å²) in [5, 5.41) is 8.77. The van der Waals surface area contributed by atoms with Crippen LogP contribution in [0.4, 0.5) is 11.4 Å². The van der Waals surface area contributed by atoms with Crippen LogP contribution in [-0.2, 0) is 14.9 Å². The number of benzene rings is 5. The molecule has 0 fully saturated rings. The van der Waals surface area contributed by atoms with Crippen LogP contribution in [0.3, 0.4) is 0 Å². The third-order valence-electron chi connectivity index (χ3n) is 8.41. The molecule has 0 atom stereocenters. The molecule has 5 aromatic rings. The Bertz CT molecular complexity index is 1940. The fraction of sp³-hybridized carbons (Fsp3) is 0.231. The number of nitrogens with zero attached hydrogens (tertiary/aromatic N) is 1. The standard InChI is InChI=1S/C39H37N3O6/c1-39(2,3)28-18-26-17-27(19-28)36(44)41-30-21-25-10-6-8-12-32(25)34(23-30)38(46)48-16-14-42(4)13-15-47-37(45)33-22-29(40-35(26)43)20-24-9-5-7-11-31(24)33/h5-12,17-23H,13-16H2,1-4H3,(H,40,43)(H,41,44). The monoisotopic (exact) mass is 643 g/mol. The largest absolute Gasteiger partial charge is 0.461 e. The molecule has 48 heavy (non-hydrogen) atoms. The number of rotatable bonds is 0. The quantitative estimate of drug-likeness (QED) is 0.174. The van der Waals surface area contributed by atoms with E-state index in [1.807, 2.05) is 81.2 Å². The SMILES string of the molecule is CN1CCOC(=O)c2cc(cc3ccccc23)NC(=O)c2cc(cc(C(C)(C)C)c2)C(=O)Nc2cc(c3ccccc3c2)C(=O)OCC1. The molecule has 1 heterocycles. The molecule has 6 rings (SSSR count). The summed E-state index contributed by atoms with van der Waals surface area (Å²) in [4.78, 5) is 56.1. The number of nitrogens with one attached hydrogen (secondary N) is 2. The van der Waals surface area contributed by atoms with Gasteiger partial charge in [0, 0.05) is 35.6 Å². The maximum atomic E-state index is 13.8. The number of cyclic esters (lactones) is 2. The van der Waals surface area contributed by atoms with Crippen LogP contribution in [0.2, 0.25) is 0 Å². The van der Waals surface area contributed by atoms with Gasteiger partial charge < -0.3 is 20.1 Å². The van der Waals surface area contributed by atoms with Gasteiger partial charge in [0.15, 0.2) is 0 Å². The predicted molar refractivity (Wildman–Crippen MR) is 187 cm³/mol. The van der Waals surface area contributed by atoms with Crippen molar-refractivity contribution in [2.24, 2.45) is 0 Å². The molecule has 0 aromatic heterocycles. The van der Waals surface area contributed by atoms with E-state index in [1.54, 1.807) is 36.4 Å². The van der Waals surface area contributed by atoms with E-state index < -0.39 is 23.8 Å². The highest BCUT2D eigenvalue weighted by atomic mass is 16.5. The maximum absolute atomic E-state index is 13.8. The fourth-order valence-electron chi connectivity index (χ4n) is 5.69. The summed E-state index contributed by atoms with van der Waals surface area (Å²) in [6.07, 6.45) is 0. The number of hydrogen-bond acceptors (Lipinski definition) is 7. The molecule has 2 amide bonds. The average Bonchev–Trinajstić information content (AvgIpc) is 3.06. The van der Waals surface area contributed by atoms with Crippen molar-refractivity contribution in [2.45, 2.75) is 26.2 Å². The van der Waals surface area contributed by atoms with E-state index in [4.69, 9.17) is 9.47 Å². The Morgan fingerprint density at radius 3 is 1.48 bits per heavy atom. The number of hydrogen-bond donors (Lipinski definition) is 2. The number of likely N-dealkylation sites (N-methyl/N-ethyl adjacent to an activating group) is 1. The van der Waals surface area contributed by atoms with Crippen LogP contribution in [-0.4, -0.2) is 62.0 Å². The van der Waals surface area contributed by atoms with Crippen LogP contribution in [0.1, 0.15) is 67.8 Å². The van der Waals surface area contributed by atoms with Gasteiger partial charge in [-0.2, -0.15) is 0 Å². The van der Waals surface area contributed by atoms with Crippen LogP contribution in [0.25, 0.3) is 21.5 Å². The van der Waals surface area contributed by atoms with Gasteiger partial charge >= 0.3 is 11.9 Å². The second-order valence-corrected chi connectivity index (χ2v) is 13.0. The second-order valence-electron chi connectivity index (χ2n) is 13.0. The Morgan fingerprint density at radius 1 is 0.604 bits per heavy atom. The van der Waals surface area contributed by atoms with Gasteiger partial charge in [0.25, 0.3) is 11.8 Å². The van der Waals surface area contributed by atoms with E-state index in [0.29, 0.717) is 46.4 Å². The molecule has 0 saturated heterocycles. The summed E-state index contributed by atoms with van der Waals surface area (Å²) in [6.45, 7) is 7.05. The van der Waals surface area contributed by atoms with E-state index in [9.17, 15) is 19.2 Å². The van der Waals surface area contributed by atoms with E-state index in [-0.39, 0.29) is 29.8 Å². The second kappa shape index (κ2) is 13.3. The molecule has 1 aliphatic heterocycles. The summed E-state index contributed by atoms with van der Waals surface area (Å²) in [5.74, 6) is -1.93. The van der Waals surface area contributed by atoms with E-state index >= 15 is 0 Å². The van der Waals surface area contributed by atoms with Gasteiger partial charge in [0.1, 0.15) is 13.2 Å². The van der Waals surface area contributed by atoms with Crippen molar-refractivity contribution in [1.82, 2.24) is 4.90 Å². The molecular weight excluding hydrogens is 606 g/mol. The highest BCUT2D eigenvalue weighted by Crippen LogP contribution is 2.29. The molecule has 5 aromatic carbocycles. The summed E-state index contributed by atoms with van der Waals surface area (Å²) < 4.78 is 11.3. The third-order valence-corrected chi connectivity index (χ3v) is 8.41. The number of amides is 2. The molecular formula is C39H37N3O6. The Balaban J connectivity index is 1.43. The predicted octanol–water partition coefficient (Wildman–Crippen LogP) is 7.05. The maximum Gasteiger partial charge on any atom is 0.338 e. The molecule has 9 heteroatoms. The highest BCUT2D eigenvalue weighted by molar-refractivity contribution is 6.13. The molecule has 0 spiro atoms. The number of carbonyl (C=O) groups excluding carboxylic acids is 4. The first-order valence-corrected chi connectivity index (χ1v) is 15.8. The molecule has 244 valence electrons. The van der Waals surface area contributed by atoms with E-state index in [0.717, 1.165) is 16.3 Å². The molecule has 0 unspecified atom stereocenters. The van der Waals surface area contributed by atoms with Gasteiger partial charge in [-0.1, -0.05) is 69.3 Å². The normalized spacial score (nSPS) is 15.5. The van der Waals surface area contributed by atoms with Crippen LogP contribution >= 0.6 is 0 Å². The van der Waals surface area contributed by atoms with E-state index in [2.05, 4.69) is 10.6 Å². The Labute approximate surface area is 278 Å². The van der Waals surface area contributed by atoms with Crippen molar-refractivity contribution in [3.05, 3.63) is 119 Å². The lowest BCUT2D eigenvalue weighted by Crippen LogP contribution is -2.28. The van der Waals surface area contributed by atoms with Gasteiger partial charge in [0.05, 0.1) is 11.1 Å². The molecule has 0 aliphatic carbocycles. The highest BCUT2D eigenvalue weighted by Gasteiger charge is 2.22. The lowest BCUT2D eigenvalue weighted by molar-refractivity contribution is 0.0421. The van der Waals surface area contributed by atoms with Crippen molar-refractivity contribution in [2.75, 3.05) is 44.0 Å². The minimum absolute atomic E-state index is 0.114. The minimum atomic E-state index is -0.523. The fourth-order valence-corrected chi connectivity index (χ4v) is 5.69. The number of ether oxygens (including phenoxy) is 2. The summed E-state index contributed by atoms with van der Waals surface area (Å²) >= 11 is 0. The van der Waals surface area contributed by atoms with Crippen LogP contribution in [0.15, 0.2) is 91.0 Å². The lowest BCUT2D eigenvalue weighted by atomic mass is 9.84. The molecule has 6 bridgehead atoms. The Kier molecular flexibility index (Phi) is 8.97. The zero-order valence-electron chi connectivity index (χ0n) is 27.4. The number of fused-ring (bicyclic) bond motifs is 10. The first-order valence-electron chi connectivity index (χ1n) is 15.8. The first-order chi connectivity index (χ1) is 23.0. The van der Waals surface area contributed by atoms with Gasteiger partial charge in [-0.05, 0) is 82.0 Å². The van der Waals surface area contributed by atoms with Crippen molar-refractivity contribution < 1.29 is 28.7 Å². The van der Waals surface area contributed by atoms with Gasteiger partial charge in [-0.15, -0.1) is 0 Å². The van der Waals surface area contributed by atoms with Crippen molar-refractivity contribution in [1.29, 1.82) is 0 Å². The molecule has 0 radical (unpaired) electrons. The van der Waals surface area contributed by atoms with E-state index in [1.165, 1.54) is 6.07 Å². The zero-order chi connectivity index (χ0) is 34.0. The number of carbonyl (C=O) groups is 4. The number of esters is 2. The van der Waals surface area contributed by atoms with Gasteiger partial charge in [0.2, 0.25) is 0 Å². The Morgan fingerprint density at radius 2 is 1.04 bits per heavy atom. The third kappa shape index (κ3) is 7.06. The van der Waals surface area contributed by atoms with Crippen molar-refractivity contribution in [3.63, 3.8) is 0 Å². The van der Waals surface area contributed by atoms with Crippen LogP contribution < -0.4 is 10.6 Å². The minimum Gasteiger partial charge on any atom is -0.461 e. The smallest absolute Gasteiger partial charge is 0.338 e. The lowest BCUT2D eigenvalue weighted by Gasteiger charge is -2.21. The van der Waals surface area contributed by atoms with Crippen LogP contribution in [0.5, 0.6) is 0 Å². The first kappa shape index (κ1) is 32.4.